The molecule has 0 bridgehead atoms. The van der Waals surface area contributed by atoms with Crippen LogP contribution >= 0.6 is 23.2 Å². The number of carbonyl (C=O) groups is 1. The van der Waals surface area contributed by atoms with Crippen molar-refractivity contribution < 1.29 is 9.90 Å². The van der Waals surface area contributed by atoms with Crippen molar-refractivity contribution in [3.63, 3.8) is 0 Å². The lowest BCUT2D eigenvalue weighted by atomic mass is 9.97. The SMILES string of the molecule is O=C(c1cccc(Cl)c1Cl)N1CCC(CO)CC1. The van der Waals surface area contributed by atoms with Gasteiger partial charge in [0.1, 0.15) is 0 Å². The molecule has 0 saturated carbocycles. The largest absolute Gasteiger partial charge is 0.396 e. The van der Waals surface area contributed by atoms with Gasteiger partial charge in [0.05, 0.1) is 15.6 Å². The van der Waals surface area contributed by atoms with Gasteiger partial charge in [0.15, 0.2) is 0 Å². The summed E-state index contributed by atoms with van der Waals surface area (Å²) < 4.78 is 0. The number of carbonyl (C=O) groups excluding carboxylic acids is 1. The van der Waals surface area contributed by atoms with Crippen molar-refractivity contribution >= 4 is 29.1 Å². The maximum atomic E-state index is 12.3. The van der Waals surface area contributed by atoms with E-state index in [9.17, 15) is 4.79 Å². The highest BCUT2D eigenvalue weighted by Gasteiger charge is 2.24. The zero-order valence-electron chi connectivity index (χ0n) is 9.90. The summed E-state index contributed by atoms with van der Waals surface area (Å²) in [5.74, 6) is 0.225. The highest BCUT2D eigenvalue weighted by Crippen LogP contribution is 2.27. The summed E-state index contributed by atoms with van der Waals surface area (Å²) >= 11 is 12.0. The Balaban J connectivity index is 2.10. The Morgan fingerprint density at radius 1 is 1.33 bits per heavy atom. The zero-order chi connectivity index (χ0) is 13.1. The minimum absolute atomic E-state index is 0.0844. The van der Waals surface area contributed by atoms with Gasteiger partial charge < -0.3 is 10.0 Å². The first-order valence-corrected chi connectivity index (χ1v) is 6.73. The topological polar surface area (TPSA) is 40.5 Å². The van der Waals surface area contributed by atoms with Crippen LogP contribution in [0.3, 0.4) is 0 Å². The molecule has 1 aromatic rings. The Labute approximate surface area is 116 Å². The Morgan fingerprint density at radius 3 is 2.61 bits per heavy atom. The molecule has 1 heterocycles. The number of piperidine rings is 1. The van der Waals surface area contributed by atoms with Crippen molar-refractivity contribution in [2.75, 3.05) is 19.7 Å². The van der Waals surface area contributed by atoms with Gasteiger partial charge in [0.25, 0.3) is 5.91 Å². The summed E-state index contributed by atoms with van der Waals surface area (Å²) in [4.78, 5) is 14.1. The number of halogens is 2. The lowest BCUT2D eigenvalue weighted by Gasteiger charge is -2.31. The normalized spacial score (nSPS) is 16.9. The van der Waals surface area contributed by atoms with Gasteiger partial charge in [0.2, 0.25) is 0 Å². The maximum Gasteiger partial charge on any atom is 0.255 e. The van der Waals surface area contributed by atoms with Gasteiger partial charge in [-0.15, -0.1) is 0 Å². The quantitative estimate of drug-likeness (QED) is 0.909. The van der Waals surface area contributed by atoms with Crippen LogP contribution in [-0.4, -0.2) is 35.6 Å². The molecule has 0 radical (unpaired) electrons. The number of likely N-dealkylation sites (tertiary alicyclic amines) is 1. The smallest absolute Gasteiger partial charge is 0.255 e. The first kappa shape index (κ1) is 13.7. The first-order chi connectivity index (χ1) is 8.63. The van der Waals surface area contributed by atoms with E-state index in [1.807, 2.05) is 0 Å². The van der Waals surface area contributed by atoms with Crippen molar-refractivity contribution in [2.45, 2.75) is 12.8 Å². The lowest BCUT2D eigenvalue weighted by Crippen LogP contribution is -2.39. The van der Waals surface area contributed by atoms with E-state index in [2.05, 4.69) is 0 Å². The van der Waals surface area contributed by atoms with Crippen LogP contribution in [0.15, 0.2) is 18.2 Å². The fraction of sp³-hybridized carbons (Fsp3) is 0.462. The van der Waals surface area contributed by atoms with Crippen LogP contribution in [0.1, 0.15) is 23.2 Å². The third kappa shape index (κ3) is 2.79. The molecule has 1 aliphatic heterocycles. The van der Waals surface area contributed by atoms with E-state index in [-0.39, 0.29) is 12.5 Å². The minimum Gasteiger partial charge on any atom is -0.396 e. The molecule has 0 atom stereocenters. The Kier molecular flexibility index (Phi) is 4.49. The molecule has 1 saturated heterocycles. The van der Waals surface area contributed by atoms with Crippen molar-refractivity contribution in [2.24, 2.45) is 5.92 Å². The maximum absolute atomic E-state index is 12.3. The second kappa shape index (κ2) is 5.91. The summed E-state index contributed by atoms with van der Waals surface area (Å²) in [5.41, 5.74) is 0.451. The van der Waals surface area contributed by atoms with Gasteiger partial charge in [-0.2, -0.15) is 0 Å². The average molecular weight is 288 g/mol. The molecule has 1 aliphatic rings. The molecule has 2 rings (SSSR count). The van der Waals surface area contributed by atoms with Gasteiger partial charge in [-0.25, -0.2) is 0 Å². The van der Waals surface area contributed by atoms with Crippen molar-refractivity contribution in [1.82, 2.24) is 4.90 Å². The summed E-state index contributed by atoms with van der Waals surface area (Å²) in [5, 5.41) is 9.78. The van der Waals surface area contributed by atoms with E-state index in [0.717, 1.165) is 12.8 Å². The lowest BCUT2D eigenvalue weighted by molar-refractivity contribution is 0.0651. The second-order valence-electron chi connectivity index (χ2n) is 4.52. The number of aliphatic hydroxyl groups excluding tert-OH is 1. The van der Waals surface area contributed by atoms with Crippen LogP contribution in [0, 0.1) is 5.92 Å². The average Bonchev–Trinajstić information content (AvgIpc) is 2.41. The van der Waals surface area contributed by atoms with E-state index >= 15 is 0 Å². The van der Waals surface area contributed by atoms with Gasteiger partial charge in [0, 0.05) is 19.7 Å². The van der Waals surface area contributed by atoms with Gasteiger partial charge >= 0.3 is 0 Å². The van der Waals surface area contributed by atoms with E-state index in [4.69, 9.17) is 28.3 Å². The molecule has 1 amide bonds. The molecule has 3 nitrogen and oxygen atoms in total. The number of nitrogens with zero attached hydrogens (tertiary/aromatic N) is 1. The molecule has 5 heteroatoms. The number of hydrogen-bond acceptors (Lipinski definition) is 2. The summed E-state index contributed by atoms with van der Waals surface area (Å²) in [6, 6.07) is 5.08. The van der Waals surface area contributed by atoms with Crippen LogP contribution in [0.4, 0.5) is 0 Å². The predicted molar refractivity (Wildman–Crippen MR) is 72.2 cm³/mol. The molecule has 0 aliphatic carbocycles. The molecule has 18 heavy (non-hydrogen) atoms. The van der Waals surface area contributed by atoms with E-state index in [0.29, 0.717) is 34.6 Å². The van der Waals surface area contributed by atoms with E-state index < -0.39 is 0 Å². The molecule has 1 fully saturated rings. The van der Waals surface area contributed by atoms with Crippen molar-refractivity contribution in [3.8, 4) is 0 Å². The molecule has 0 unspecified atom stereocenters. The first-order valence-electron chi connectivity index (χ1n) is 5.97. The molecule has 98 valence electrons. The predicted octanol–water partition coefficient (Wildman–Crippen LogP) is 2.84. The number of rotatable bonds is 2. The number of hydrogen-bond donors (Lipinski definition) is 1. The Bertz CT molecular complexity index is 443. The standard InChI is InChI=1S/C13H15Cl2NO2/c14-11-3-1-2-10(12(11)15)13(18)16-6-4-9(8-17)5-7-16/h1-3,9,17H,4-8H2. The number of benzene rings is 1. The van der Waals surface area contributed by atoms with Crippen LogP contribution in [0.5, 0.6) is 0 Å². The fourth-order valence-corrected chi connectivity index (χ4v) is 2.54. The second-order valence-corrected chi connectivity index (χ2v) is 5.30. The highest BCUT2D eigenvalue weighted by atomic mass is 35.5. The minimum atomic E-state index is -0.0844. The van der Waals surface area contributed by atoms with Crippen molar-refractivity contribution in [1.29, 1.82) is 0 Å². The van der Waals surface area contributed by atoms with Gasteiger partial charge in [-0.05, 0) is 30.9 Å². The zero-order valence-corrected chi connectivity index (χ0v) is 11.4. The molecular formula is C13H15Cl2NO2. The van der Waals surface area contributed by atoms with Crippen LogP contribution in [-0.2, 0) is 0 Å². The summed E-state index contributed by atoms with van der Waals surface area (Å²) in [7, 11) is 0. The highest BCUT2D eigenvalue weighted by molar-refractivity contribution is 6.43. The summed E-state index contributed by atoms with van der Waals surface area (Å²) in [6.45, 7) is 1.51. The molecule has 1 aromatic carbocycles. The summed E-state index contributed by atoms with van der Waals surface area (Å²) in [6.07, 6.45) is 1.67. The molecule has 0 aromatic heterocycles. The Hall–Kier alpha value is -0.770. The number of amides is 1. The third-order valence-electron chi connectivity index (χ3n) is 3.34. The van der Waals surface area contributed by atoms with Gasteiger partial charge in [-0.3, -0.25) is 4.79 Å². The van der Waals surface area contributed by atoms with Crippen LogP contribution in [0.2, 0.25) is 10.0 Å². The van der Waals surface area contributed by atoms with Crippen LogP contribution in [0.25, 0.3) is 0 Å². The van der Waals surface area contributed by atoms with Crippen LogP contribution < -0.4 is 0 Å². The molecular weight excluding hydrogens is 273 g/mol. The fourth-order valence-electron chi connectivity index (χ4n) is 2.16. The molecule has 0 spiro atoms. The van der Waals surface area contributed by atoms with Gasteiger partial charge in [-0.1, -0.05) is 29.3 Å². The third-order valence-corrected chi connectivity index (χ3v) is 4.16. The number of aliphatic hydroxyl groups is 1. The Morgan fingerprint density at radius 2 is 2.00 bits per heavy atom. The van der Waals surface area contributed by atoms with Crippen molar-refractivity contribution in [3.05, 3.63) is 33.8 Å². The van der Waals surface area contributed by atoms with E-state index in [1.165, 1.54) is 0 Å². The molecule has 1 N–H and O–H groups in total. The monoisotopic (exact) mass is 287 g/mol. The van der Waals surface area contributed by atoms with E-state index in [1.54, 1.807) is 23.1 Å².